The molecule has 1 unspecified atom stereocenters. The van der Waals surface area contributed by atoms with E-state index in [1.54, 1.807) is 4.90 Å². The van der Waals surface area contributed by atoms with Crippen molar-refractivity contribution in [1.29, 1.82) is 0 Å². The molecule has 2 N–H and O–H groups in total. The molecule has 2 aliphatic rings. The number of carbonyl (C=O) groups is 2. The average molecular weight is 284 g/mol. The molecule has 2 heterocycles. The molecule has 6 heteroatoms. The first-order chi connectivity index (χ1) is 9.66. The Labute approximate surface area is 119 Å². The second-order valence-corrected chi connectivity index (χ2v) is 5.71. The summed E-state index contributed by atoms with van der Waals surface area (Å²) in [6, 6.07) is 0. The van der Waals surface area contributed by atoms with E-state index in [1.807, 2.05) is 0 Å². The van der Waals surface area contributed by atoms with Gasteiger partial charge in [-0.3, -0.25) is 9.59 Å². The Morgan fingerprint density at radius 1 is 1.25 bits per heavy atom. The maximum absolute atomic E-state index is 12.0. The van der Waals surface area contributed by atoms with Crippen molar-refractivity contribution < 1.29 is 19.4 Å². The first-order valence-electron chi connectivity index (χ1n) is 7.46. The van der Waals surface area contributed by atoms with Crippen molar-refractivity contribution >= 4 is 11.9 Å². The van der Waals surface area contributed by atoms with Crippen LogP contribution in [-0.4, -0.2) is 61.3 Å². The Bertz CT molecular complexity index is 334. The zero-order valence-corrected chi connectivity index (χ0v) is 11.8. The van der Waals surface area contributed by atoms with E-state index >= 15 is 0 Å². The molecule has 0 radical (unpaired) electrons. The molecule has 0 aromatic heterocycles. The lowest BCUT2D eigenvalue weighted by Gasteiger charge is -2.30. The monoisotopic (exact) mass is 284 g/mol. The van der Waals surface area contributed by atoms with Gasteiger partial charge in [-0.05, 0) is 31.6 Å². The number of carboxylic acids is 1. The van der Waals surface area contributed by atoms with E-state index < -0.39 is 5.97 Å². The fourth-order valence-electron chi connectivity index (χ4n) is 2.84. The minimum Gasteiger partial charge on any atom is -0.481 e. The van der Waals surface area contributed by atoms with Crippen molar-refractivity contribution in [2.75, 3.05) is 39.4 Å². The molecule has 0 saturated carbocycles. The van der Waals surface area contributed by atoms with E-state index in [2.05, 4.69) is 5.32 Å². The van der Waals surface area contributed by atoms with Gasteiger partial charge in [0.1, 0.15) is 0 Å². The van der Waals surface area contributed by atoms with E-state index in [4.69, 9.17) is 9.84 Å². The summed E-state index contributed by atoms with van der Waals surface area (Å²) in [5.74, 6) is -0.446. The van der Waals surface area contributed by atoms with Crippen LogP contribution in [0.4, 0.5) is 0 Å². The van der Waals surface area contributed by atoms with E-state index in [-0.39, 0.29) is 11.8 Å². The summed E-state index contributed by atoms with van der Waals surface area (Å²) in [5.41, 5.74) is 0. The smallest absolute Gasteiger partial charge is 0.306 e. The van der Waals surface area contributed by atoms with Crippen LogP contribution in [0.1, 0.15) is 25.7 Å². The molecule has 0 bridgehead atoms. The predicted molar refractivity (Wildman–Crippen MR) is 73.4 cm³/mol. The molecular weight excluding hydrogens is 260 g/mol. The number of aliphatic carboxylic acids is 1. The SMILES string of the molecule is O=C(O)C1CCN(C(=O)CNCC2CCCOC2)CC1. The van der Waals surface area contributed by atoms with Gasteiger partial charge in [-0.25, -0.2) is 0 Å². The van der Waals surface area contributed by atoms with Gasteiger partial charge in [-0.15, -0.1) is 0 Å². The molecule has 20 heavy (non-hydrogen) atoms. The first-order valence-corrected chi connectivity index (χ1v) is 7.46. The van der Waals surface area contributed by atoms with Gasteiger partial charge in [0, 0.05) is 26.2 Å². The van der Waals surface area contributed by atoms with Gasteiger partial charge in [0.05, 0.1) is 19.1 Å². The Hall–Kier alpha value is -1.14. The molecule has 0 aromatic rings. The summed E-state index contributed by atoms with van der Waals surface area (Å²) in [5, 5.41) is 12.1. The standard InChI is InChI=1S/C14H24N2O4/c17-13(9-15-8-11-2-1-7-20-10-11)16-5-3-12(4-6-16)14(18)19/h11-12,15H,1-10H2,(H,18,19). The summed E-state index contributed by atoms with van der Waals surface area (Å²) < 4.78 is 5.40. The quantitative estimate of drug-likeness (QED) is 0.760. The predicted octanol–water partition coefficient (Wildman–Crippen LogP) is 0.326. The first kappa shape index (κ1) is 15.3. The van der Waals surface area contributed by atoms with E-state index in [1.165, 1.54) is 0 Å². The number of amides is 1. The van der Waals surface area contributed by atoms with Gasteiger partial charge in [0.2, 0.25) is 5.91 Å². The largest absolute Gasteiger partial charge is 0.481 e. The number of hydrogen-bond acceptors (Lipinski definition) is 4. The Balaban J connectivity index is 1.61. The number of carboxylic acid groups (broad SMARTS) is 1. The summed E-state index contributed by atoms with van der Waals surface area (Å²) >= 11 is 0. The van der Waals surface area contributed by atoms with Crippen LogP contribution in [0.15, 0.2) is 0 Å². The molecule has 2 rings (SSSR count). The number of carbonyl (C=O) groups excluding carboxylic acids is 1. The third-order valence-corrected chi connectivity index (χ3v) is 4.16. The fraction of sp³-hybridized carbons (Fsp3) is 0.857. The molecule has 6 nitrogen and oxygen atoms in total. The lowest BCUT2D eigenvalue weighted by molar-refractivity contribution is -0.145. The molecular formula is C14H24N2O4. The molecule has 2 fully saturated rings. The van der Waals surface area contributed by atoms with Crippen LogP contribution in [0.5, 0.6) is 0 Å². The van der Waals surface area contributed by atoms with Crippen molar-refractivity contribution in [3.05, 3.63) is 0 Å². The van der Waals surface area contributed by atoms with E-state index in [0.29, 0.717) is 38.4 Å². The van der Waals surface area contributed by atoms with Gasteiger partial charge in [-0.1, -0.05) is 0 Å². The second-order valence-electron chi connectivity index (χ2n) is 5.71. The van der Waals surface area contributed by atoms with Crippen molar-refractivity contribution in [1.82, 2.24) is 10.2 Å². The Morgan fingerprint density at radius 2 is 2.00 bits per heavy atom. The number of ether oxygens (including phenoxy) is 1. The molecule has 2 aliphatic heterocycles. The number of nitrogens with zero attached hydrogens (tertiary/aromatic N) is 1. The van der Waals surface area contributed by atoms with Crippen LogP contribution in [0.25, 0.3) is 0 Å². The second kappa shape index (κ2) is 7.59. The Kier molecular flexibility index (Phi) is 5.79. The highest BCUT2D eigenvalue weighted by Crippen LogP contribution is 2.17. The highest BCUT2D eigenvalue weighted by atomic mass is 16.5. The van der Waals surface area contributed by atoms with Crippen molar-refractivity contribution in [3.63, 3.8) is 0 Å². The molecule has 0 aliphatic carbocycles. The molecule has 2 saturated heterocycles. The van der Waals surface area contributed by atoms with Crippen LogP contribution in [0, 0.1) is 11.8 Å². The van der Waals surface area contributed by atoms with Crippen molar-refractivity contribution in [2.24, 2.45) is 11.8 Å². The average Bonchev–Trinajstić information content (AvgIpc) is 2.48. The van der Waals surface area contributed by atoms with Crippen LogP contribution < -0.4 is 5.32 Å². The van der Waals surface area contributed by atoms with Gasteiger partial charge in [-0.2, -0.15) is 0 Å². The zero-order chi connectivity index (χ0) is 14.4. The maximum Gasteiger partial charge on any atom is 0.306 e. The number of nitrogens with one attached hydrogen (secondary N) is 1. The van der Waals surface area contributed by atoms with Crippen LogP contribution in [-0.2, 0) is 14.3 Å². The molecule has 1 amide bonds. The van der Waals surface area contributed by atoms with Crippen LogP contribution in [0.2, 0.25) is 0 Å². The highest BCUT2D eigenvalue weighted by Gasteiger charge is 2.26. The summed E-state index contributed by atoms with van der Waals surface area (Å²) in [4.78, 5) is 24.6. The topological polar surface area (TPSA) is 78.9 Å². The lowest BCUT2D eigenvalue weighted by atomic mass is 9.97. The third-order valence-electron chi connectivity index (χ3n) is 4.16. The summed E-state index contributed by atoms with van der Waals surface area (Å²) in [6.07, 6.45) is 3.39. The number of likely N-dealkylation sites (tertiary alicyclic amines) is 1. The number of piperidine rings is 1. The molecule has 1 atom stereocenters. The van der Waals surface area contributed by atoms with Gasteiger partial charge in [0.15, 0.2) is 0 Å². The summed E-state index contributed by atoms with van der Waals surface area (Å²) in [6.45, 7) is 3.92. The third kappa shape index (κ3) is 4.45. The summed E-state index contributed by atoms with van der Waals surface area (Å²) in [7, 11) is 0. The molecule has 0 spiro atoms. The normalized spacial score (nSPS) is 24.6. The van der Waals surface area contributed by atoms with Crippen LogP contribution in [0.3, 0.4) is 0 Å². The highest BCUT2D eigenvalue weighted by molar-refractivity contribution is 5.78. The zero-order valence-electron chi connectivity index (χ0n) is 11.8. The van der Waals surface area contributed by atoms with Crippen molar-refractivity contribution in [2.45, 2.75) is 25.7 Å². The Morgan fingerprint density at radius 3 is 2.60 bits per heavy atom. The fourth-order valence-corrected chi connectivity index (χ4v) is 2.84. The molecule has 0 aromatic carbocycles. The van der Waals surface area contributed by atoms with Gasteiger partial charge < -0.3 is 20.1 Å². The van der Waals surface area contributed by atoms with Gasteiger partial charge in [0.25, 0.3) is 0 Å². The maximum atomic E-state index is 12.0. The van der Waals surface area contributed by atoms with Crippen LogP contribution >= 0.6 is 0 Å². The van der Waals surface area contributed by atoms with Crippen molar-refractivity contribution in [3.8, 4) is 0 Å². The van der Waals surface area contributed by atoms with Gasteiger partial charge >= 0.3 is 5.97 Å². The number of rotatable bonds is 5. The minimum atomic E-state index is -0.743. The minimum absolute atomic E-state index is 0.0746. The molecule has 114 valence electrons. The van der Waals surface area contributed by atoms with E-state index in [0.717, 1.165) is 32.6 Å². The lowest BCUT2D eigenvalue weighted by Crippen LogP contribution is -2.45. The number of hydrogen-bond donors (Lipinski definition) is 2. The van der Waals surface area contributed by atoms with E-state index in [9.17, 15) is 9.59 Å².